The summed E-state index contributed by atoms with van der Waals surface area (Å²) >= 11 is 0. The van der Waals surface area contributed by atoms with Gasteiger partial charge in [-0.1, -0.05) is 0 Å². The molecule has 0 aromatic heterocycles. The van der Waals surface area contributed by atoms with Crippen molar-refractivity contribution in [3.8, 4) is 0 Å². The Kier molecular flexibility index (Phi) is 9.48. The minimum atomic E-state index is -5.17. The Morgan fingerprint density at radius 3 is 0.960 bits per heavy atom. The predicted octanol–water partition coefficient (Wildman–Crippen LogP) is 1.10. The van der Waals surface area contributed by atoms with Gasteiger partial charge in [0.15, 0.2) is 0 Å². The molecule has 0 radical (unpaired) electrons. The predicted molar refractivity (Wildman–Crippen MR) is 93.7 cm³/mol. The Morgan fingerprint density at radius 2 is 0.920 bits per heavy atom. The number of ether oxygens (including phenoxy) is 2. The van der Waals surface area contributed by atoms with Crippen molar-refractivity contribution in [3.63, 3.8) is 0 Å². The fourth-order valence-corrected chi connectivity index (χ4v) is 2.82. The quantitative estimate of drug-likeness (QED) is 0.294. The van der Waals surface area contributed by atoms with Crippen LogP contribution in [0.3, 0.4) is 0 Å². The number of likely N-dealkylation sites (N-methyl/N-ethyl adjacent to an activating group) is 2. The molecule has 4 atom stereocenters. The first kappa shape index (κ1) is 24.7. The van der Waals surface area contributed by atoms with Crippen LogP contribution in [0.1, 0.15) is 41.5 Å². The zero-order valence-corrected chi connectivity index (χ0v) is 17.7. The van der Waals surface area contributed by atoms with Crippen LogP contribution in [0.2, 0.25) is 0 Å². The molecule has 2 fully saturated rings. The Balaban J connectivity index is 0.000000368. The van der Waals surface area contributed by atoms with Crippen LogP contribution in [-0.2, 0) is 19.9 Å². The van der Waals surface area contributed by atoms with Crippen LogP contribution in [0.5, 0.6) is 0 Å². The van der Waals surface area contributed by atoms with Crippen LogP contribution < -0.4 is 0 Å². The molecular formula is C16H36N2O6S. The summed E-state index contributed by atoms with van der Waals surface area (Å²) in [7, 11) is -0.650. The van der Waals surface area contributed by atoms with Crippen molar-refractivity contribution in [1.82, 2.24) is 0 Å². The lowest BCUT2D eigenvalue weighted by atomic mass is 10.3. The lowest BCUT2D eigenvalue weighted by molar-refractivity contribution is -0.926. The molecular weight excluding hydrogens is 348 g/mol. The Labute approximate surface area is 153 Å². The second-order valence-electron chi connectivity index (χ2n) is 7.10. The van der Waals surface area contributed by atoms with Crippen molar-refractivity contribution >= 4 is 10.4 Å². The van der Waals surface area contributed by atoms with E-state index in [4.69, 9.17) is 27.0 Å². The van der Waals surface area contributed by atoms with E-state index in [1.165, 1.54) is 26.2 Å². The zero-order chi connectivity index (χ0) is 20.1. The SMILES string of the molecule is CC[N+](C)(CC)C1OC1C.CC[N+](C)(CC)C1OC1C.O=S(=O)([O-])[O-]. The van der Waals surface area contributed by atoms with Gasteiger partial charge in [-0.25, -0.2) is 0 Å². The van der Waals surface area contributed by atoms with Crippen molar-refractivity contribution in [1.29, 1.82) is 0 Å². The van der Waals surface area contributed by atoms with Gasteiger partial charge in [-0.2, -0.15) is 0 Å². The Hall–Kier alpha value is -0.290. The van der Waals surface area contributed by atoms with E-state index < -0.39 is 10.4 Å². The lowest BCUT2D eigenvalue weighted by Gasteiger charge is -2.30. The van der Waals surface area contributed by atoms with Crippen molar-refractivity contribution in [2.45, 2.75) is 66.2 Å². The molecule has 0 aromatic carbocycles. The van der Waals surface area contributed by atoms with Gasteiger partial charge >= 0.3 is 0 Å². The highest BCUT2D eigenvalue weighted by Gasteiger charge is 2.49. The molecule has 2 aliphatic rings. The van der Waals surface area contributed by atoms with E-state index in [1.807, 2.05) is 0 Å². The van der Waals surface area contributed by atoms with Gasteiger partial charge in [0.25, 0.3) is 0 Å². The molecule has 0 N–H and O–H groups in total. The highest BCUT2D eigenvalue weighted by molar-refractivity contribution is 7.79. The van der Waals surface area contributed by atoms with Gasteiger partial charge in [-0.15, -0.1) is 0 Å². The number of hydrogen-bond donors (Lipinski definition) is 0. The van der Waals surface area contributed by atoms with Crippen LogP contribution in [0.25, 0.3) is 0 Å². The first-order valence-corrected chi connectivity index (χ1v) is 10.3. The normalized spacial score (nSPS) is 28.2. The largest absolute Gasteiger partial charge is 0.759 e. The summed E-state index contributed by atoms with van der Waals surface area (Å²) in [6.45, 7) is 17.9. The minimum absolute atomic E-state index is 0.481. The second kappa shape index (κ2) is 9.59. The number of hydrogen-bond acceptors (Lipinski definition) is 6. The van der Waals surface area contributed by atoms with Gasteiger partial charge in [0.2, 0.25) is 12.5 Å². The number of quaternary nitrogens is 2. The summed E-state index contributed by atoms with van der Waals surface area (Å²) in [5.41, 5.74) is 0. The van der Waals surface area contributed by atoms with Crippen molar-refractivity contribution in [2.75, 3.05) is 40.3 Å². The molecule has 2 aliphatic heterocycles. The molecule has 152 valence electrons. The van der Waals surface area contributed by atoms with Crippen LogP contribution in [0.4, 0.5) is 0 Å². The minimum Gasteiger partial charge on any atom is -0.759 e. The molecule has 25 heavy (non-hydrogen) atoms. The maximum absolute atomic E-state index is 8.52. The molecule has 0 aliphatic carbocycles. The molecule has 0 bridgehead atoms. The fraction of sp³-hybridized carbons (Fsp3) is 1.00. The topological polar surface area (TPSA) is 105 Å². The van der Waals surface area contributed by atoms with Crippen LogP contribution in [0, 0.1) is 0 Å². The third-order valence-electron chi connectivity index (χ3n) is 5.48. The Bertz CT molecular complexity index is 453. The summed E-state index contributed by atoms with van der Waals surface area (Å²) in [6, 6.07) is 0. The van der Waals surface area contributed by atoms with Gasteiger partial charge in [0.05, 0.1) is 40.3 Å². The maximum Gasteiger partial charge on any atom is 0.220 e. The molecule has 0 amide bonds. The molecule has 2 heterocycles. The molecule has 0 saturated carbocycles. The smallest absolute Gasteiger partial charge is 0.220 e. The summed E-state index contributed by atoms with van der Waals surface area (Å²) in [5, 5.41) is 0. The van der Waals surface area contributed by atoms with Gasteiger partial charge < -0.3 is 18.6 Å². The van der Waals surface area contributed by atoms with E-state index in [9.17, 15) is 0 Å². The fourth-order valence-electron chi connectivity index (χ4n) is 2.82. The van der Waals surface area contributed by atoms with Gasteiger partial charge in [-0.05, 0) is 41.5 Å². The molecule has 9 heteroatoms. The van der Waals surface area contributed by atoms with Crippen LogP contribution in [0.15, 0.2) is 0 Å². The van der Waals surface area contributed by atoms with E-state index in [-0.39, 0.29) is 0 Å². The first-order valence-electron chi connectivity index (χ1n) is 8.94. The lowest BCUT2D eigenvalue weighted by Crippen LogP contribution is -2.46. The van der Waals surface area contributed by atoms with Crippen LogP contribution >= 0.6 is 0 Å². The van der Waals surface area contributed by atoms with E-state index in [0.29, 0.717) is 24.7 Å². The standard InChI is InChI=1S/2C8H18NO.H2O4S/c2*1-5-9(4,6-2)8-7(3)10-8;1-5(2,3)4/h2*7-8H,5-6H2,1-4H3;(H2,1,2,3,4)/q2*+1;/p-2. The zero-order valence-electron chi connectivity index (χ0n) is 16.9. The number of rotatable bonds is 6. The maximum atomic E-state index is 8.52. The van der Waals surface area contributed by atoms with E-state index in [1.54, 1.807) is 0 Å². The number of nitrogens with zero attached hydrogens (tertiary/aromatic N) is 2. The monoisotopic (exact) mass is 384 g/mol. The highest BCUT2D eigenvalue weighted by atomic mass is 32.3. The molecule has 0 aromatic rings. The van der Waals surface area contributed by atoms with Crippen molar-refractivity contribution in [2.24, 2.45) is 0 Å². The van der Waals surface area contributed by atoms with Crippen molar-refractivity contribution < 1.29 is 36.0 Å². The van der Waals surface area contributed by atoms with E-state index in [2.05, 4.69) is 55.6 Å². The first-order chi connectivity index (χ1) is 11.3. The van der Waals surface area contributed by atoms with E-state index in [0.717, 1.165) is 8.97 Å². The van der Waals surface area contributed by atoms with Crippen molar-refractivity contribution in [3.05, 3.63) is 0 Å². The summed E-state index contributed by atoms with van der Waals surface area (Å²) in [5.74, 6) is 0. The van der Waals surface area contributed by atoms with E-state index >= 15 is 0 Å². The molecule has 0 spiro atoms. The summed E-state index contributed by atoms with van der Waals surface area (Å²) in [6.07, 6.45) is 1.94. The summed E-state index contributed by atoms with van der Waals surface area (Å²) in [4.78, 5) is 0. The van der Waals surface area contributed by atoms with Gasteiger partial charge in [-0.3, -0.25) is 17.4 Å². The third-order valence-corrected chi connectivity index (χ3v) is 5.48. The van der Waals surface area contributed by atoms with Gasteiger partial charge in [0, 0.05) is 10.4 Å². The third kappa shape index (κ3) is 8.76. The average molecular weight is 385 g/mol. The molecule has 2 saturated heterocycles. The molecule has 2 rings (SSSR count). The van der Waals surface area contributed by atoms with Gasteiger partial charge in [0.1, 0.15) is 12.2 Å². The average Bonchev–Trinajstić information content (AvgIpc) is 3.43. The molecule has 8 nitrogen and oxygen atoms in total. The second-order valence-corrected chi connectivity index (χ2v) is 7.91. The van der Waals surface area contributed by atoms with Crippen LogP contribution in [-0.4, -0.2) is 91.4 Å². The summed E-state index contributed by atoms with van der Waals surface area (Å²) < 4.78 is 47.1. The molecule has 4 unspecified atom stereocenters. The Morgan fingerprint density at radius 1 is 0.760 bits per heavy atom. The highest BCUT2D eigenvalue weighted by Crippen LogP contribution is 2.30. The number of epoxide rings is 2.